The maximum atomic E-state index is 9.23. The molecule has 0 amide bonds. The number of hydrogen-bond donors (Lipinski definition) is 2. The van der Waals surface area contributed by atoms with E-state index in [9.17, 15) is 5.26 Å². The lowest BCUT2D eigenvalue weighted by molar-refractivity contribution is 0.403. The molecule has 3 N–H and O–H groups in total. The van der Waals surface area contributed by atoms with Crippen LogP contribution in [-0.4, -0.2) is 22.3 Å². The SMILES string of the molecule is Cc1nnc(N[C@@H]2CCCC[C@H]2N)c(C#N)c1C. The summed E-state index contributed by atoms with van der Waals surface area (Å²) in [5.41, 5.74) is 8.36. The Balaban J connectivity index is 2.24. The van der Waals surface area contributed by atoms with Crippen molar-refractivity contribution in [3.63, 3.8) is 0 Å². The van der Waals surface area contributed by atoms with Crippen molar-refractivity contribution in [1.82, 2.24) is 10.2 Å². The quantitative estimate of drug-likeness (QED) is 0.827. The third kappa shape index (κ3) is 2.44. The minimum absolute atomic E-state index is 0.133. The predicted octanol–water partition coefficient (Wildman–Crippen LogP) is 1.65. The fourth-order valence-electron chi connectivity index (χ4n) is 2.36. The molecule has 1 saturated carbocycles. The molecule has 0 spiro atoms. The summed E-state index contributed by atoms with van der Waals surface area (Å²) >= 11 is 0. The Bertz CT molecular complexity index is 477. The van der Waals surface area contributed by atoms with E-state index in [4.69, 9.17) is 5.73 Å². The third-order valence-corrected chi connectivity index (χ3v) is 3.71. The van der Waals surface area contributed by atoms with Crippen LogP contribution in [0.15, 0.2) is 0 Å². The van der Waals surface area contributed by atoms with Crippen molar-refractivity contribution in [3.05, 3.63) is 16.8 Å². The Morgan fingerprint density at radius 2 is 2.00 bits per heavy atom. The fourth-order valence-corrected chi connectivity index (χ4v) is 2.36. The van der Waals surface area contributed by atoms with Crippen LogP contribution in [-0.2, 0) is 0 Å². The minimum Gasteiger partial charge on any atom is -0.363 e. The lowest BCUT2D eigenvalue weighted by Crippen LogP contribution is -2.43. The summed E-state index contributed by atoms with van der Waals surface area (Å²) in [5, 5.41) is 20.7. The van der Waals surface area contributed by atoms with Gasteiger partial charge < -0.3 is 11.1 Å². The normalized spacial score (nSPS) is 23.4. The standard InChI is InChI=1S/C13H19N5/c1-8-9(2)17-18-13(10(8)7-14)16-12-6-4-3-5-11(12)15/h11-12H,3-6,15H2,1-2H3,(H,16,18)/t11-,12-/m1/s1. The molecule has 2 atom stereocenters. The summed E-state index contributed by atoms with van der Waals surface area (Å²) in [6.07, 6.45) is 4.41. The van der Waals surface area contributed by atoms with Crippen LogP contribution < -0.4 is 11.1 Å². The second kappa shape index (κ2) is 5.32. The summed E-state index contributed by atoms with van der Waals surface area (Å²) in [4.78, 5) is 0. The highest BCUT2D eigenvalue weighted by Gasteiger charge is 2.23. The van der Waals surface area contributed by atoms with Crippen molar-refractivity contribution in [1.29, 1.82) is 5.26 Å². The number of nitrogens with zero attached hydrogens (tertiary/aromatic N) is 3. The average Bonchev–Trinajstić information content (AvgIpc) is 2.37. The van der Waals surface area contributed by atoms with Crippen LogP contribution in [0, 0.1) is 25.2 Å². The lowest BCUT2D eigenvalue weighted by atomic mass is 9.91. The largest absolute Gasteiger partial charge is 0.363 e. The highest BCUT2D eigenvalue weighted by atomic mass is 15.2. The first-order valence-electron chi connectivity index (χ1n) is 6.39. The Hall–Kier alpha value is -1.67. The molecule has 2 rings (SSSR count). The van der Waals surface area contributed by atoms with E-state index >= 15 is 0 Å². The Labute approximate surface area is 107 Å². The molecule has 0 unspecified atom stereocenters. The van der Waals surface area contributed by atoms with Crippen molar-refractivity contribution < 1.29 is 0 Å². The summed E-state index contributed by atoms with van der Waals surface area (Å²) in [5.74, 6) is 0.572. The summed E-state index contributed by atoms with van der Waals surface area (Å²) < 4.78 is 0. The number of nitriles is 1. The van der Waals surface area contributed by atoms with Gasteiger partial charge in [0, 0.05) is 12.1 Å². The van der Waals surface area contributed by atoms with Crippen LogP contribution in [0.25, 0.3) is 0 Å². The van der Waals surface area contributed by atoms with Crippen LogP contribution in [0.4, 0.5) is 5.82 Å². The van der Waals surface area contributed by atoms with E-state index in [1.807, 2.05) is 13.8 Å². The third-order valence-electron chi connectivity index (χ3n) is 3.71. The zero-order valence-electron chi connectivity index (χ0n) is 10.9. The molecule has 0 bridgehead atoms. The second-order valence-electron chi connectivity index (χ2n) is 4.94. The number of anilines is 1. The zero-order chi connectivity index (χ0) is 13.1. The van der Waals surface area contributed by atoms with Crippen molar-refractivity contribution in [3.8, 4) is 6.07 Å². The number of rotatable bonds is 2. The van der Waals surface area contributed by atoms with Crippen molar-refractivity contribution in [2.75, 3.05) is 5.32 Å². The zero-order valence-corrected chi connectivity index (χ0v) is 10.9. The molecule has 96 valence electrons. The van der Waals surface area contributed by atoms with E-state index in [0.717, 1.165) is 24.1 Å². The van der Waals surface area contributed by atoms with E-state index in [0.29, 0.717) is 11.4 Å². The number of nitrogens with two attached hydrogens (primary N) is 1. The molecule has 0 aromatic carbocycles. The van der Waals surface area contributed by atoms with Gasteiger partial charge in [-0.15, -0.1) is 5.10 Å². The topological polar surface area (TPSA) is 87.6 Å². The number of nitrogens with one attached hydrogen (secondary N) is 1. The Kier molecular flexibility index (Phi) is 3.78. The molecule has 1 heterocycles. The van der Waals surface area contributed by atoms with Crippen molar-refractivity contribution >= 4 is 5.82 Å². The van der Waals surface area contributed by atoms with Gasteiger partial charge in [-0.25, -0.2) is 0 Å². The molecule has 1 aromatic rings. The first kappa shape index (κ1) is 12.8. The molecule has 18 heavy (non-hydrogen) atoms. The van der Waals surface area contributed by atoms with Gasteiger partial charge in [0.15, 0.2) is 5.82 Å². The molecule has 0 saturated heterocycles. The van der Waals surface area contributed by atoms with E-state index in [1.165, 1.54) is 12.8 Å². The van der Waals surface area contributed by atoms with Gasteiger partial charge in [-0.2, -0.15) is 10.4 Å². The fraction of sp³-hybridized carbons (Fsp3) is 0.615. The van der Waals surface area contributed by atoms with E-state index in [2.05, 4.69) is 21.6 Å². The maximum absolute atomic E-state index is 9.23. The maximum Gasteiger partial charge on any atom is 0.167 e. The summed E-state index contributed by atoms with van der Waals surface area (Å²) in [7, 11) is 0. The summed E-state index contributed by atoms with van der Waals surface area (Å²) in [6.45, 7) is 3.76. The van der Waals surface area contributed by atoms with Gasteiger partial charge in [0.05, 0.1) is 5.69 Å². The highest BCUT2D eigenvalue weighted by molar-refractivity contribution is 5.56. The molecule has 1 aromatic heterocycles. The molecule has 1 aliphatic rings. The molecule has 1 fully saturated rings. The van der Waals surface area contributed by atoms with E-state index < -0.39 is 0 Å². The summed E-state index contributed by atoms with van der Waals surface area (Å²) in [6, 6.07) is 2.53. The van der Waals surface area contributed by atoms with Gasteiger partial charge in [-0.3, -0.25) is 0 Å². The number of aromatic nitrogens is 2. The Morgan fingerprint density at radius 1 is 1.28 bits per heavy atom. The first-order chi connectivity index (χ1) is 8.63. The monoisotopic (exact) mass is 245 g/mol. The molecule has 0 radical (unpaired) electrons. The van der Waals surface area contributed by atoms with Crippen LogP contribution >= 0.6 is 0 Å². The van der Waals surface area contributed by atoms with Gasteiger partial charge >= 0.3 is 0 Å². The lowest BCUT2D eigenvalue weighted by Gasteiger charge is -2.29. The van der Waals surface area contributed by atoms with E-state index in [-0.39, 0.29) is 12.1 Å². The van der Waals surface area contributed by atoms with Gasteiger partial charge in [0.25, 0.3) is 0 Å². The van der Waals surface area contributed by atoms with Crippen molar-refractivity contribution in [2.24, 2.45) is 5.73 Å². The van der Waals surface area contributed by atoms with Gasteiger partial charge in [0.1, 0.15) is 11.6 Å². The molecule has 1 aliphatic carbocycles. The highest BCUT2D eigenvalue weighted by Crippen LogP contribution is 2.23. The van der Waals surface area contributed by atoms with Crippen LogP contribution in [0.2, 0.25) is 0 Å². The average molecular weight is 245 g/mol. The molecule has 0 aliphatic heterocycles. The molecular weight excluding hydrogens is 226 g/mol. The smallest absolute Gasteiger partial charge is 0.167 e. The second-order valence-corrected chi connectivity index (χ2v) is 4.94. The molecule has 5 heteroatoms. The van der Waals surface area contributed by atoms with E-state index in [1.54, 1.807) is 0 Å². The van der Waals surface area contributed by atoms with Gasteiger partial charge in [-0.05, 0) is 32.3 Å². The van der Waals surface area contributed by atoms with Crippen LogP contribution in [0.3, 0.4) is 0 Å². The first-order valence-corrected chi connectivity index (χ1v) is 6.39. The van der Waals surface area contributed by atoms with Crippen molar-refractivity contribution in [2.45, 2.75) is 51.6 Å². The minimum atomic E-state index is 0.133. The van der Waals surface area contributed by atoms with Gasteiger partial charge in [0.2, 0.25) is 0 Å². The number of hydrogen-bond acceptors (Lipinski definition) is 5. The van der Waals surface area contributed by atoms with Crippen LogP contribution in [0.5, 0.6) is 0 Å². The molecule has 5 nitrogen and oxygen atoms in total. The predicted molar refractivity (Wildman–Crippen MR) is 70.1 cm³/mol. The molecular formula is C13H19N5. The number of aryl methyl sites for hydroxylation is 1. The van der Waals surface area contributed by atoms with Gasteiger partial charge in [-0.1, -0.05) is 12.8 Å². The van der Waals surface area contributed by atoms with Crippen LogP contribution in [0.1, 0.15) is 42.5 Å². The Morgan fingerprint density at radius 3 is 2.67 bits per heavy atom.